The Morgan fingerprint density at radius 1 is 1.17 bits per heavy atom. The fourth-order valence-electron chi connectivity index (χ4n) is 3.04. The quantitative estimate of drug-likeness (QED) is 0.917. The normalized spacial score (nSPS) is 21.1. The van der Waals surface area contributed by atoms with Gasteiger partial charge in [0.2, 0.25) is 0 Å². The molecule has 3 rings (SSSR count). The number of pyridine rings is 1. The van der Waals surface area contributed by atoms with Crippen LogP contribution in [0.25, 0.3) is 0 Å². The zero-order valence-electron chi connectivity index (χ0n) is 12.6. The lowest BCUT2D eigenvalue weighted by atomic mass is 9.97. The van der Waals surface area contributed by atoms with Crippen molar-refractivity contribution in [3.05, 3.63) is 65.5 Å². The highest BCUT2D eigenvalue weighted by Crippen LogP contribution is 2.40. The molecular formula is C17H15F3N2O2. The van der Waals surface area contributed by atoms with Crippen molar-refractivity contribution in [3.8, 4) is 0 Å². The molecule has 0 unspecified atom stereocenters. The number of β-amino-alcohol motifs (C(OH)–C–C–N with tert-alkyl or cyclic N) is 1. The van der Waals surface area contributed by atoms with E-state index in [1.807, 2.05) is 0 Å². The van der Waals surface area contributed by atoms with Crippen LogP contribution in [0.5, 0.6) is 0 Å². The zero-order chi connectivity index (χ0) is 17.3. The molecule has 0 spiro atoms. The number of amides is 1. The number of aliphatic hydroxyl groups is 1. The molecule has 0 bridgehead atoms. The van der Waals surface area contributed by atoms with Crippen LogP contribution in [-0.4, -0.2) is 33.5 Å². The van der Waals surface area contributed by atoms with E-state index in [4.69, 9.17) is 0 Å². The molecule has 1 aliphatic rings. The van der Waals surface area contributed by atoms with Gasteiger partial charge < -0.3 is 10.0 Å². The summed E-state index contributed by atoms with van der Waals surface area (Å²) >= 11 is 0. The molecule has 1 N–H and O–H groups in total. The topological polar surface area (TPSA) is 53.4 Å². The van der Waals surface area contributed by atoms with Crippen molar-refractivity contribution in [1.29, 1.82) is 0 Å². The molecule has 0 aliphatic carbocycles. The van der Waals surface area contributed by atoms with Crippen LogP contribution in [0.3, 0.4) is 0 Å². The summed E-state index contributed by atoms with van der Waals surface area (Å²) in [7, 11) is 0. The summed E-state index contributed by atoms with van der Waals surface area (Å²) in [5.74, 6) is -0.420. The highest BCUT2D eigenvalue weighted by molar-refractivity contribution is 5.94. The van der Waals surface area contributed by atoms with E-state index in [1.54, 1.807) is 0 Å². The summed E-state index contributed by atoms with van der Waals surface area (Å²) < 4.78 is 39.8. The van der Waals surface area contributed by atoms with Crippen LogP contribution in [-0.2, 0) is 6.18 Å². The molecule has 1 saturated heterocycles. The lowest BCUT2D eigenvalue weighted by Crippen LogP contribution is -2.32. The summed E-state index contributed by atoms with van der Waals surface area (Å²) in [4.78, 5) is 17.8. The molecule has 0 saturated carbocycles. The SMILES string of the molecule is O=C(c1ccncc1)N1C[C@H](O)C[C@H]1c1ccccc1C(F)(F)F. The van der Waals surface area contributed by atoms with Crippen molar-refractivity contribution in [2.45, 2.75) is 24.7 Å². The molecular weight excluding hydrogens is 321 g/mol. The Balaban J connectivity index is 1.99. The summed E-state index contributed by atoms with van der Waals surface area (Å²) in [6, 6.07) is 7.35. The minimum Gasteiger partial charge on any atom is -0.391 e. The minimum absolute atomic E-state index is 0.00197. The van der Waals surface area contributed by atoms with Gasteiger partial charge in [-0.1, -0.05) is 18.2 Å². The number of aliphatic hydroxyl groups excluding tert-OH is 1. The van der Waals surface area contributed by atoms with Crippen LogP contribution < -0.4 is 0 Å². The van der Waals surface area contributed by atoms with E-state index in [9.17, 15) is 23.1 Å². The van der Waals surface area contributed by atoms with Crippen molar-refractivity contribution in [2.75, 3.05) is 6.54 Å². The predicted octanol–water partition coefficient (Wildman–Crippen LogP) is 3.05. The smallest absolute Gasteiger partial charge is 0.391 e. The Hall–Kier alpha value is -2.41. The van der Waals surface area contributed by atoms with Crippen LogP contribution in [0.4, 0.5) is 13.2 Å². The molecule has 4 nitrogen and oxygen atoms in total. The molecule has 2 atom stereocenters. The average Bonchev–Trinajstić information content (AvgIpc) is 2.96. The van der Waals surface area contributed by atoms with E-state index in [0.29, 0.717) is 5.56 Å². The van der Waals surface area contributed by atoms with Crippen LogP contribution >= 0.6 is 0 Å². The first-order valence-corrected chi connectivity index (χ1v) is 7.43. The van der Waals surface area contributed by atoms with E-state index in [1.165, 1.54) is 47.6 Å². The second-order valence-electron chi connectivity index (χ2n) is 5.68. The number of nitrogens with zero attached hydrogens (tertiary/aromatic N) is 2. The standard InChI is InChI=1S/C17H15F3N2O2/c18-17(19,20)14-4-2-1-3-13(14)15-9-12(23)10-22(15)16(24)11-5-7-21-8-6-11/h1-8,12,15,23H,9-10H2/t12-,15+/m1/s1. The van der Waals surface area contributed by atoms with Crippen LogP contribution in [0.15, 0.2) is 48.8 Å². The second-order valence-corrected chi connectivity index (χ2v) is 5.68. The number of rotatable bonds is 2. The number of alkyl halides is 3. The van der Waals surface area contributed by atoms with Gasteiger partial charge in [0, 0.05) is 24.5 Å². The van der Waals surface area contributed by atoms with Gasteiger partial charge in [0.25, 0.3) is 5.91 Å². The van der Waals surface area contributed by atoms with Gasteiger partial charge >= 0.3 is 6.18 Å². The Kier molecular flexibility index (Phi) is 4.28. The molecule has 1 fully saturated rings. The Morgan fingerprint density at radius 3 is 2.50 bits per heavy atom. The van der Waals surface area contributed by atoms with Gasteiger partial charge in [0.15, 0.2) is 0 Å². The number of carbonyl (C=O) groups excluding carboxylic acids is 1. The number of benzene rings is 1. The Labute approximate surface area is 136 Å². The largest absolute Gasteiger partial charge is 0.416 e. The zero-order valence-corrected chi connectivity index (χ0v) is 12.6. The first kappa shape index (κ1) is 16.4. The predicted molar refractivity (Wildman–Crippen MR) is 80.1 cm³/mol. The van der Waals surface area contributed by atoms with Crippen LogP contribution in [0.2, 0.25) is 0 Å². The molecule has 1 aliphatic heterocycles. The van der Waals surface area contributed by atoms with Gasteiger partial charge in [-0.05, 0) is 30.2 Å². The van der Waals surface area contributed by atoms with E-state index in [0.717, 1.165) is 6.07 Å². The molecule has 1 aromatic heterocycles. The van der Waals surface area contributed by atoms with E-state index >= 15 is 0 Å². The number of hydrogen-bond donors (Lipinski definition) is 1. The lowest BCUT2D eigenvalue weighted by molar-refractivity contribution is -0.138. The van der Waals surface area contributed by atoms with Gasteiger partial charge in [0.05, 0.1) is 17.7 Å². The van der Waals surface area contributed by atoms with Gasteiger partial charge in [0.1, 0.15) is 0 Å². The van der Waals surface area contributed by atoms with Crippen LogP contribution in [0.1, 0.15) is 33.9 Å². The molecule has 1 amide bonds. The fourth-order valence-corrected chi connectivity index (χ4v) is 3.04. The van der Waals surface area contributed by atoms with E-state index in [2.05, 4.69) is 4.98 Å². The van der Waals surface area contributed by atoms with Crippen molar-refractivity contribution >= 4 is 5.91 Å². The molecule has 126 valence electrons. The second kappa shape index (κ2) is 6.24. The number of carbonyl (C=O) groups is 1. The van der Waals surface area contributed by atoms with Gasteiger partial charge in [-0.2, -0.15) is 13.2 Å². The fraction of sp³-hybridized carbons (Fsp3) is 0.294. The minimum atomic E-state index is -4.52. The molecule has 2 heterocycles. The first-order valence-electron chi connectivity index (χ1n) is 7.43. The van der Waals surface area contributed by atoms with E-state index in [-0.39, 0.29) is 18.5 Å². The van der Waals surface area contributed by atoms with Crippen molar-refractivity contribution in [1.82, 2.24) is 9.88 Å². The monoisotopic (exact) mass is 336 g/mol. The van der Waals surface area contributed by atoms with Crippen molar-refractivity contribution in [3.63, 3.8) is 0 Å². The molecule has 7 heteroatoms. The number of likely N-dealkylation sites (tertiary alicyclic amines) is 1. The summed E-state index contributed by atoms with van der Waals surface area (Å²) in [6.07, 6.45) is -2.42. The molecule has 2 aromatic rings. The summed E-state index contributed by atoms with van der Waals surface area (Å²) in [5.41, 5.74) is -0.450. The first-order chi connectivity index (χ1) is 11.4. The van der Waals surface area contributed by atoms with Crippen molar-refractivity contribution in [2.24, 2.45) is 0 Å². The van der Waals surface area contributed by atoms with Gasteiger partial charge in [-0.25, -0.2) is 0 Å². The van der Waals surface area contributed by atoms with Gasteiger partial charge in [-0.15, -0.1) is 0 Å². The third kappa shape index (κ3) is 3.12. The summed E-state index contributed by atoms with van der Waals surface area (Å²) in [5, 5.41) is 9.93. The maximum absolute atomic E-state index is 13.3. The van der Waals surface area contributed by atoms with Gasteiger partial charge in [-0.3, -0.25) is 9.78 Å². The number of aromatic nitrogens is 1. The maximum atomic E-state index is 13.3. The third-order valence-electron chi connectivity index (χ3n) is 4.09. The molecule has 0 radical (unpaired) electrons. The number of hydrogen-bond acceptors (Lipinski definition) is 3. The highest BCUT2D eigenvalue weighted by atomic mass is 19.4. The van der Waals surface area contributed by atoms with Crippen LogP contribution in [0, 0.1) is 0 Å². The van der Waals surface area contributed by atoms with Crippen molar-refractivity contribution < 1.29 is 23.1 Å². The molecule has 1 aromatic carbocycles. The lowest BCUT2D eigenvalue weighted by Gasteiger charge is -2.27. The highest BCUT2D eigenvalue weighted by Gasteiger charge is 2.41. The average molecular weight is 336 g/mol. The third-order valence-corrected chi connectivity index (χ3v) is 4.09. The Morgan fingerprint density at radius 2 is 1.83 bits per heavy atom. The number of halogens is 3. The molecule has 24 heavy (non-hydrogen) atoms. The summed E-state index contributed by atoms with van der Waals surface area (Å²) in [6.45, 7) is -0.00197. The van der Waals surface area contributed by atoms with E-state index < -0.39 is 29.8 Å². The Bertz CT molecular complexity index is 734. The maximum Gasteiger partial charge on any atom is 0.416 e.